The average molecular weight is 401 g/mol. The Labute approximate surface area is 175 Å². The van der Waals surface area contributed by atoms with Crippen molar-refractivity contribution >= 4 is 0 Å². The monoisotopic (exact) mass is 400 g/mol. The maximum absolute atomic E-state index is 5.78. The Hall–Kier alpha value is -0.160. The third kappa shape index (κ3) is 12.4. The number of unbranched alkanes of at least 4 members (excludes halogenated alkanes) is 13. The van der Waals surface area contributed by atoms with Gasteiger partial charge in [-0.2, -0.15) is 0 Å². The fourth-order valence-electron chi connectivity index (χ4n) is 4.17. The van der Waals surface area contributed by atoms with Crippen molar-refractivity contribution in [3.8, 4) is 0 Å². The average Bonchev–Trinajstić information content (AvgIpc) is 2.97. The van der Waals surface area contributed by atoms with Gasteiger partial charge in [-0.25, -0.2) is 9.78 Å². The number of hydrogen-bond acceptors (Lipinski definition) is 4. The standard InChI is InChI=1S/C24H48O4/c1-5-6-7-8-9-10-11-12-13-14-15-16-17-18-19-23(2)22-24(3,28-27-23)26-21-20-25-4/h5-22H2,1-4H3/t23-,24-/m1/s1. The van der Waals surface area contributed by atoms with E-state index in [1.54, 1.807) is 7.11 Å². The number of rotatable bonds is 19. The summed E-state index contributed by atoms with van der Waals surface area (Å²) < 4.78 is 10.8. The van der Waals surface area contributed by atoms with Crippen LogP contribution in [0.1, 0.15) is 124 Å². The summed E-state index contributed by atoms with van der Waals surface area (Å²) in [5.41, 5.74) is -0.223. The maximum atomic E-state index is 5.78. The molecule has 168 valence electrons. The number of ether oxygens (including phenoxy) is 2. The quantitative estimate of drug-likeness (QED) is 0.168. The first-order valence-electron chi connectivity index (χ1n) is 12.0. The first-order valence-corrected chi connectivity index (χ1v) is 12.0. The van der Waals surface area contributed by atoms with Gasteiger partial charge in [-0.1, -0.05) is 96.8 Å². The zero-order valence-electron chi connectivity index (χ0n) is 19.4. The van der Waals surface area contributed by atoms with Crippen LogP contribution in [0.5, 0.6) is 0 Å². The molecule has 0 spiro atoms. The predicted octanol–water partition coefficient (Wildman–Crippen LogP) is 7.35. The molecule has 1 rings (SSSR count). The summed E-state index contributed by atoms with van der Waals surface area (Å²) in [7, 11) is 1.68. The molecule has 0 N–H and O–H groups in total. The molecule has 1 aliphatic rings. The van der Waals surface area contributed by atoms with Crippen LogP contribution in [0.2, 0.25) is 0 Å². The van der Waals surface area contributed by atoms with Crippen molar-refractivity contribution < 1.29 is 19.2 Å². The summed E-state index contributed by atoms with van der Waals surface area (Å²) in [5.74, 6) is -0.636. The fourth-order valence-corrected chi connectivity index (χ4v) is 4.17. The van der Waals surface area contributed by atoms with Crippen LogP contribution < -0.4 is 0 Å². The van der Waals surface area contributed by atoms with Crippen molar-refractivity contribution in [3.05, 3.63) is 0 Å². The zero-order chi connectivity index (χ0) is 20.6. The maximum Gasteiger partial charge on any atom is 0.201 e. The smallest absolute Gasteiger partial charge is 0.201 e. The molecule has 1 fully saturated rings. The summed E-state index contributed by atoms with van der Waals surface area (Å²) in [6.07, 6.45) is 21.2. The lowest BCUT2D eigenvalue weighted by Gasteiger charge is -2.23. The van der Waals surface area contributed by atoms with Gasteiger partial charge in [0.15, 0.2) is 0 Å². The van der Waals surface area contributed by atoms with Gasteiger partial charge in [-0.3, -0.25) is 0 Å². The summed E-state index contributed by atoms with van der Waals surface area (Å²) in [5, 5.41) is 0. The zero-order valence-corrected chi connectivity index (χ0v) is 19.4. The van der Waals surface area contributed by atoms with E-state index in [1.165, 1.54) is 89.9 Å². The highest BCUT2D eigenvalue weighted by Crippen LogP contribution is 2.39. The molecule has 4 nitrogen and oxygen atoms in total. The van der Waals surface area contributed by atoms with Crippen LogP contribution in [0.4, 0.5) is 0 Å². The third-order valence-electron chi connectivity index (χ3n) is 5.87. The van der Waals surface area contributed by atoms with Crippen molar-refractivity contribution in [2.75, 3.05) is 20.3 Å². The van der Waals surface area contributed by atoms with Gasteiger partial charge in [0.25, 0.3) is 0 Å². The van der Waals surface area contributed by atoms with Crippen molar-refractivity contribution in [2.45, 2.75) is 135 Å². The van der Waals surface area contributed by atoms with Gasteiger partial charge in [0, 0.05) is 13.5 Å². The van der Waals surface area contributed by atoms with Crippen molar-refractivity contribution in [1.29, 1.82) is 0 Å². The van der Waals surface area contributed by atoms with E-state index in [0.29, 0.717) is 13.2 Å². The number of methoxy groups -OCH3 is 1. The Kier molecular flexibility index (Phi) is 14.5. The van der Waals surface area contributed by atoms with Crippen LogP contribution in [0.25, 0.3) is 0 Å². The van der Waals surface area contributed by atoms with Gasteiger partial charge < -0.3 is 9.47 Å². The van der Waals surface area contributed by atoms with Crippen LogP contribution in [-0.2, 0) is 19.2 Å². The molecule has 0 aromatic rings. The van der Waals surface area contributed by atoms with Crippen LogP contribution in [0, 0.1) is 0 Å². The molecule has 0 bridgehead atoms. The Morgan fingerprint density at radius 2 is 1.18 bits per heavy atom. The molecular weight excluding hydrogens is 352 g/mol. The first kappa shape index (κ1) is 25.9. The molecule has 0 aliphatic carbocycles. The molecule has 1 saturated heterocycles. The van der Waals surface area contributed by atoms with E-state index in [2.05, 4.69) is 13.8 Å². The lowest BCUT2D eigenvalue weighted by molar-refractivity contribution is -0.396. The van der Waals surface area contributed by atoms with E-state index in [9.17, 15) is 0 Å². The Balaban J connectivity index is 1.91. The van der Waals surface area contributed by atoms with E-state index in [1.807, 2.05) is 6.92 Å². The van der Waals surface area contributed by atoms with Gasteiger partial charge >= 0.3 is 0 Å². The summed E-state index contributed by atoms with van der Waals surface area (Å²) in [4.78, 5) is 11.1. The van der Waals surface area contributed by atoms with E-state index in [4.69, 9.17) is 19.2 Å². The van der Waals surface area contributed by atoms with Gasteiger partial charge in [0.2, 0.25) is 5.79 Å². The van der Waals surface area contributed by atoms with Gasteiger partial charge in [-0.15, -0.1) is 0 Å². The SMILES string of the molecule is CCCCCCCCCCCCCCCC[C@]1(C)C[C@](C)(OCCOC)OO1. The molecule has 4 heteroatoms. The van der Waals surface area contributed by atoms with Crippen molar-refractivity contribution in [3.63, 3.8) is 0 Å². The molecule has 28 heavy (non-hydrogen) atoms. The lowest BCUT2D eigenvalue weighted by atomic mass is 9.91. The second-order valence-corrected chi connectivity index (χ2v) is 9.11. The van der Waals surface area contributed by atoms with Gasteiger partial charge in [0.1, 0.15) is 5.60 Å². The Bertz CT molecular complexity index is 363. The highest BCUT2D eigenvalue weighted by atomic mass is 17.2. The molecule has 0 aromatic carbocycles. The van der Waals surface area contributed by atoms with Crippen LogP contribution in [-0.4, -0.2) is 31.7 Å². The largest absolute Gasteiger partial charge is 0.382 e. The molecule has 0 aromatic heterocycles. The van der Waals surface area contributed by atoms with Gasteiger partial charge in [-0.05, 0) is 20.3 Å². The minimum Gasteiger partial charge on any atom is -0.382 e. The number of hydrogen-bond donors (Lipinski definition) is 0. The fraction of sp³-hybridized carbons (Fsp3) is 1.00. The van der Waals surface area contributed by atoms with Crippen LogP contribution in [0.3, 0.4) is 0 Å². The van der Waals surface area contributed by atoms with E-state index >= 15 is 0 Å². The molecule has 0 radical (unpaired) electrons. The molecular formula is C24H48O4. The molecule has 0 saturated carbocycles. The van der Waals surface area contributed by atoms with Crippen molar-refractivity contribution in [1.82, 2.24) is 0 Å². The van der Waals surface area contributed by atoms with E-state index in [-0.39, 0.29) is 5.60 Å². The predicted molar refractivity (Wildman–Crippen MR) is 116 cm³/mol. The Morgan fingerprint density at radius 3 is 1.68 bits per heavy atom. The summed E-state index contributed by atoms with van der Waals surface area (Å²) in [6, 6.07) is 0. The highest BCUT2D eigenvalue weighted by molar-refractivity contribution is 4.85. The molecule has 2 atom stereocenters. The topological polar surface area (TPSA) is 36.9 Å². The highest BCUT2D eigenvalue weighted by Gasteiger charge is 2.46. The van der Waals surface area contributed by atoms with E-state index in [0.717, 1.165) is 12.8 Å². The second-order valence-electron chi connectivity index (χ2n) is 9.11. The summed E-state index contributed by atoms with van der Waals surface area (Å²) >= 11 is 0. The molecule has 1 heterocycles. The van der Waals surface area contributed by atoms with Crippen LogP contribution in [0.15, 0.2) is 0 Å². The normalized spacial score (nSPS) is 24.9. The summed E-state index contributed by atoms with van der Waals surface area (Å²) in [6.45, 7) is 7.49. The second kappa shape index (κ2) is 15.6. The molecule has 0 amide bonds. The van der Waals surface area contributed by atoms with Crippen LogP contribution >= 0.6 is 0 Å². The van der Waals surface area contributed by atoms with Crippen molar-refractivity contribution in [2.24, 2.45) is 0 Å². The van der Waals surface area contributed by atoms with Gasteiger partial charge in [0.05, 0.1) is 13.2 Å². The lowest BCUT2D eigenvalue weighted by Crippen LogP contribution is -2.32. The third-order valence-corrected chi connectivity index (χ3v) is 5.87. The minimum atomic E-state index is -0.636. The molecule has 0 unspecified atom stereocenters. The molecule has 1 aliphatic heterocycles. The first-order chi connectivity index (χ1) is 13.5. The minimum absolute atomic E-state index is 0.223. The Morgan fingerprint density at radius 1 is 0.679 bits per heavy atom. The van der Waals surface area contributed by atoms with E-state index < -0.39 is 5.79 Å².